The fraction of sp³-hybridized carbons (Fsp3) is 0.682. The van der Waals surface area contributed by atoms with E-state index in [2.05, 4.69) is 10.6 Å². The summed E-state index contributed by atoms with van der Waals surface area (Å²) in [5.41, 5.74) is 0.663. The van der Waals surface area contributed by atoms with Crippen LogP contribution in [0.25, 0.3) is 0 Å². The van der Waals surface area contributed by atoms with E-state index in [1.807, 2.05) is 51.1 Å². The van der Waals surface area contributed by atoms with Crippen molar-refractivity contribution in [2.75, 3.05) is 13.1 Å². The highest BCUT2D eigenvalue weighted by Gasteiger charge is 2.26. The molecule has 0 unspecified atom stereocenters. The summed E-state index contributed by atoms with van der Waals surface area (Å²) in [5.74, 6) is 0.698. The van der Waals surface area contributed by atoms with Crippen molar-refractivity contribution in [3.05, 3.63) is 35.9 Å². The minimum Gasteiger partial charge on any atom is -0.443 e. The molecule has 1 fully saturated rings. The van der Waals surface area contributed by atoms with Crippen molar-refractivity contribution >= 4 is 6.09 Å². The van der Waals surface area contributed by atoms with E-state index in [-0.39, 0.29) is 5.54 Å². The molecule has 152 valence electrons. The zero-order valence-corrected chi connectivity index (χ0v) is 17.0. The minimum absolute atomic E-state index is 0.376. The summed E-state index contributed by atoms with van der Waals surface area (Å²) in [6.07, 6.45) is 5.15. The second-order valence-corrected chi connectivity index (χ2v) is 8.74. The molecule has 5 heteroatoms. The van der Waals surface area contributed by atoms with Crippen molar-refractivity contribution in [2.24, 2.45) is 5.92 Å². The molecule has 5 nitrogen and oxygen atoms in total. The Kier molecular flexibility index (Phi) is 8.58. The van der Waals surface area contributed by atoms with E-state index in [0.717, 1.165) is 12.1 Å². The maximum Gasteiger partial charge on any atom is 0.407 e. The van der Waals surface area contributed by atoms with Gasteiger partial charge < -0.3 is 20.5 Å². The highest BCUT2D eigenvalue weighted by molar-refractivity contribution is 5.68. The average Bonchev–Trinajstić information content (AvgIpc) is 2.61. The van der Waals surface area contributed by atoms with Gasteiger partial charge in [-0.25, -0.2) is 4.79 Å². The molecule has 0 aromatic heterocycles. The first-order valence-corrected chi connectivity index (χ1v) is 10.2. The van der Waals surface area contributed by atoms with Crippen LogP contribution < -0.4 is 10.6 Å². The van der Waals surface area contributed by atoms with Crippen LogP contribution in [0, 0.1) is 5.92 Å². The monoisotopic (exact) mass is 376 g/mol. The zero-order valence-electron chi connectivity index (χ0n) is 17.0. The number of rotatable bonds is 8. The van der Waals surface area contributed by atoms with E-state index in [4.69, 9.17) is 4.74 Å². The number of hydrogen-bond donors (Lipinski definition) is 3. The smallest absolute Gasteiger partial charge is 0.407 e. The predicted molar refractivity (Wildman–Crippen MR) is 109 cm³/mol. The standard InChI is InChI=1S/C22H36N2O3/c1-22(2,3)24-21(26)27-20(14-17-10-6-4-7-11-17)19(25)16-23-15-18-12-8-5-9-13-18/h4,6-7,10-11,18-20,23,25H,5,8-9,12-16H2,1-3H3,(H,24,26)/t19-,20-/m0/s1. The van der Waals surface area contributed by atoms with Crippen molar-refractivity contribution in [2.45, 2.75) is 77.0 Å². The molecular weight excluding hydrogens is 340 g/mol. The number of benzene rings is 1. The van der Waals surface area contributed by atoms with Gasteiger partial charge in [0, 0.05) is 18.5 Å². The quantitative estimate of drug-likeness (QED) is 0.648. The van der Waals surface area contributed by atoms with Crippen molar-refractivity contribution in [1.82, 2.24) is 10.6 Å². The Hall–Kier alpha value is -1.59. The van der Waals surface area contributed by atoms with Gasteiger partial charge in [0.05, 0.1) is 0 Å². The molecule has 2 rings (SSSR count). The molecular formula is C22H36N2O3. The lowest BCUT2D eigenvalue weighted by Crippen LogP contribution is -2.47. The third-order valence-corrected chi connectivity index (χ3v) is 4.96. The Labute approximate surface area is 163 Å². The van der Waals surface area contributed by atoms with Crippen molar-refractivity contribution in [3.63, 3.8) is 0 Å². The lowest BCUT2D eigenvalue weighted by Gasteiger charge is -2.28. The van der Waals surface area contributed by atoms with Crippen molar-refractivity contribution in [1.29, 1.82) is 0 Å². The van der Waals surface area contributed by atoms with E-state index in [1.54, 1.807) is 0 Å². The highest BCUT2D eigenvalue weighted by atomic mass is 16.6. The maximum atomic E-state index is 12.2. The number of aliphatic hydroxyl groups is 1. The lowest BCUT2D eigenvalue weighted by atomic mass is 9.89. The molecule has 0 spiro atoms. The SMILES string of the molecule is CC(C)(C)NC(=O)O[C@@H](Cc1ccccc1)[C@@H](O)CNCC1CCCCC1. The van der Waals surface area contributed by atoms with Gasteiger partial charge in [-0.2, -0.15) is 0 Å². The first-order chi connectivity index (χ1) is 12.8. The van der Waals surface area contributed by atoms with Crippen molar-refractivity contribution in [3.8, 4) is 0 Å². The van der Waals surface area contributed by atoms with Gasteiger partial charge in [0.1, 0.15) is 12.2 Å². The van der Waals surface area contributed by atoms with Crippen LogP contribution in [0.5, 0.6) is 0 Å². The maximum absolute atomic E-state index is 12.2. The normalized spacial score (nSPS) is 17.9. The highest BCUT2D eigenvalue weighted by Crippen LogP contribution is 2.22. The summed E-state index contributed by atoms with van der Waals surface area (Å²) in [5, 5.41) is 16.9. The molecule has 1 aromatic carbocycles. The summed E-state index contributed by atoms with van der Waals surface area (Å²) in [6, 6.07) is 9.83. The summed E-state index contributed by atoms with van der Waals surface area (Å²) < 4.78 is 5.59. The molecule has 1 aliphatic rings. The average molecular weight is 377 g/mol. The molecule has 3 N–H and O–H groups in total. The van der Waals surface area contributed by atoms with Crippen LogP contribution in [0.2, 0.25) is 0 Å². The van der Waals surface area contributed by atoms with E-state index in [9.17, 15) is 9.90 Å². The molecule has 27 heavy (non-hydrogen) atoms. The van der Waals surface area contributed by atoms with Gasteiger partial charge in [0.2, 0.25) is 0 Å². The van der Waals surface area contributed by atoms with E-state index in [1.165, 1.54) is 32.1 Å². The Balaban J connectivity index is 1.89. The van der Waals surface area contributed by atoms with Gasteiger partial charge in [-0.3, -0.25) is 0 Å². The Morgan fingerprint density at radius 3 is 2.48 bits per heavy atom. The van der Waals surface area contributed by atoms with Gasteiger partial charge in [-0.1, -0.05) is 49.6 Å². The summed E-state index contributed by atoms with van der Waals surface area (Å²) in [6.45, 7) is 7.06. The number of alkyl carbamates (subject to hydrolysis) is 1. The second kappa shape index (κ2) is 10.7. The largest absolute Gasteiger partial charge is 0.443 e. The topological polar surface area (TPSA) is 70.6 Å². The fourth-order valence-electron chi connectivity index (χ4n) is 3.53. The molecule has 0 aliphatic heterocycles. The van der Waals surface area contributed by atoms with Crippen molar-refractivity contribution < 1.29 is 14.6 Å². The summed E-state index contributed by atoms with van der Waals surface area (Å²) in [4.78, 5) is 12.2. The molecule has 0 radical (unpaired) electrons. The van der Waals surface area contributed by atoms with Crippen LogP contribution in [0.1, 0.15) is 58.4 Å². The Bertz CT molecular complexity index is 550. The number of hydrogen-bond acceptors (Lipinski definition) is 4. The number of ether oxygens (including phenoxy) is 1. The molecule has 2 atom stereocenters. The predicted octanol–water partition coefficient (Wildman–Crippen LogP) is 3.65. The van der Waals surface area contributed by atoms with Gasteiger partial charge in [0.25, 0.3) is 0 Å². The van der Waals surface area contributed by atoms with Crippen LogP contribution in [0.15, 0.2) is 30.3 Å². The number of amides is 1. The fourth-order valence-corrected chi connectivity index (χ4v) is 3.53. The van der Waals surface area contributed by atoms with Crippen LogP contribution in [0.3, 0.4) is 0 Å². The van der Waals surface area contributed by atoms with Crippen LogP contribution >= 0.6 is 0 Å². The number of carbonyl (C=O) groups excluding carboxylic acids is 1. The molecule has 1 aliphatic carbocycles. The minimum atomic E-state index is -0.750. The third kappa shape index (κ3) is 8.76. The van der Waals surface area contributed by atoms with Crippen LogP contribution in [-0.4, -0.2) is 42.0 Å². The van der Waals surface area contributed by atoms with Gasteiger partial charge >= 0.3 is 6.09 Å². The Morgan fingerprint density at radius 1 is 1.19 bits per heavy atom. The van der Waals surface area contributed by atoms with Gasteiger partial charge in [0.15, 0.2) is 0 Å². The summed E-state index contributed by atoms with van der Waals surface area (Å²) in [7, 11) is 0. The Morgan fingerprint density at radius 2 is 1.85 bits per heavy atom. The first kappa shape index (κ1) is 21.7. The zero-order chi connectivity index (χ0) is 19.7. The number of aliphatic hydroxyl groups excluding tert-OH is 1. The van der Waals surface area contributed by atoms with Crippen LogP contribution in [0.4, 0.5) is 4.79 Å². The molecule has 1 saturated carbocycles. The van der Waals surface area contributed by atoms with Gasteiger partial charge in [-0.05, 0) is 51.6 Å². The van der Waals surface area contributed by atoms with Crippen LogP contribution in [-0.2, 0) is 11.2 Å². The van der Waals surface area contributed by atoms with E-state index in [0.29, 0.717) is 18.9 Å². The second-order valence-electron chi connectivity index (χ2n) is 8.74. The molecule has 0 saturated heterocycles. The van der Waals surface area contributed by atoms with Gasteiger partial charge in [-0.15, -0.1) is 0 Å². The summed E-state index contributed by atoms with van der Waals surface area (Å²) >= 11 is 0. The number of nitrogens with one attached hydrogen (secondary N) is 2. The van der Waals surface area contributed by atoms with E-state index < -0.39 is 18.3 Å². The lowest BCUT2D eigenvalue weighted by molar-refractivity contribution is 0.00112. The molecule has 1 aromatic rings. The number of carbonyl (C=O) groups is 1. The molecule has 0 bridgehead atoms. The molecule has 0 heterocycles. The third-order valence-electron chi connectivity index (χ3n) is 4.96. The first-order valence-electron chi connectivity index (χ1n) is 10.2. The van der Waals surface area contributed by atoms with E-state index >= 15 is 0 Å². The molecule has 1 amide bonds.